The summed E-state index contributed by atoms with van der Waals surface area (Å²) in [5.41, 5.74) is 1.85. The minimum atomic E-state index is -5.08. The number of aromatic nitrogens is 1. The first kappa shape index (κ1) is 25.1. The zero-order chi connectivity index (χ0) is 24.8. The number of hydrogen-bond acceptors (Lipinski definition) is 6. The Balaban J connectivity index is 0.000000406. The predicted molar refractivity (Wildman–Crippen MR) is 111 cm³/mol. The van der Waals surface area contributed by atoms with Crippen LogP contribution in [0.1, 0.15) is 27.9 Å². The van der Waals surface area contributed by atoms with Gasteiger partial charge >= 0.3 is 12.1 Å². The van der Waals surface area contributed by atoms with Gasteiger partial charge in [-0.15, -0.1) is 0 Å². The molecule has 8 nitrogen and oxygen atoms in total. The maximum Gasteiger partial charge on any atom is 0.490 e. The van der Waals surface area contributed by atoms with Crippen LogP contribution in [0.5, 0.6) is 0 Å². The monoisotopic (exact) mass is 477 g/mol. The second-order valence-corrected chi connectivity index (χ2v) is 7.93. The number of nitriles is 1. The van der Waals surface area contributed by atoms with Gasteiger partial charge in [0.25, 0.3) is 5.91 Å². The predicted octanol–water partition coefficient (Wildman–Crippen LogP) is 3.03. The van der Waals surface area contributed by atoms with Gasteiger partial charge in [-0.2, -0.15) is 18.4 Å². The van der Waals surface area contributed by atoms with E-state index in [1.165, 1.54) is 0 Å². The van der Waals surface area contributed by atoms with Crippen molar-refractivity contribution in [3.8, 4) is 6.07 Å². The van der Waals surface area contributed by atoms with Crippen molar-refractivity contribution in [2.45, 2.75) is 24.8 Å². The number of ether oxygens (including phenoxy) is 2. The number of amides is 1. The molecule has 2 aliphatic rings. The molecule has 180 valence electrons. The van der Waals surface area contributed by atoms with Gasteiger partial charge in [-0.1, -0.05) is 6.07 Å². The van der Waals surface area contributed by atoms with E-state index in [9.17, 15) is 18.0 Å². The molecule has 1 amide bonds. The van der Waals surface area contributed by atoms with Crippen LogP contribution < -0.4 is 0 Å². The van der Waals surface area contributed by atoms with E-state index < -0.39 is 12.1 Å². The molecule has 1 spiro atoms. The number of benzene rings is 1. The number of likely N-dealkylation sites (tertiary alicyclic amines) is 1. The molecular formula is C23H22F3N3O5. The van der Waals surface area contributed by atoms with Crippen LogP contribution in [0.4, 0.5) is 13.2 Å². The van der Waals surface area contributed by atoms with Crippen molar-refractivity contribution >= 4 is 11.9 Å². The van der Waals surface area contributed by atoms with Gasteiger partial charge in [-0.3, -0.25) is 9.78 Å². The Hall–Kier alpha value is -3.49. The number of carboxylic acid groups (broad SMARTS) is 1. The first-order valence-corrected chi connectivity index (χ1v) is 10.3. The Kier molecular flexibility index (Phi) is 7.86. The Morgan fingerprint density at radius 1 is 1.26 bits per heavy atom. The minimum Gasteiger partial charge on any atom is -0.475 e. The summed E-state index contributed by atoms with van der Waals surface area (Å²) in [6.07, 6.45) is -0.618. The lowest BCUT2D eigenvalue weighted by atomic mass is 9.81. The van der Waals surface area contributed by atoms with Crippen molar-refractivity contribution in [1.82, 2.24) is 9.88 Å². The van der Waals surface area contributed by atoms with E-state index in [0.29, 0.717) is 44.0 Å². The third kappa shape index (κ3) is 6.09. The van der Waals surface area contributed by atoms with Crippen molar-refractivity contribution in [3.63, 3.8) is 0 Å². The highest BCUT2D eigenvalue weighted by Gasteiger charge is 2.54. The van der Waals surface area contributed by atoms with Crippen LogP contribution in [-0.4, -0.2) is 64.9 Å². The molecule has 1 aromatic carbocycles. The van der Waals surface area contributed by atoms with Crippen molar-refractivity contribution < 1.29 is 37.3 Å². The van der Waals surface area contributed by atoms with Gasteiger partial charge in [0, 0.05) is 30.5 Å². The molecule has 1 N–H and O–H groups in total. The second-order valence-electron chi connectivity index (χ2n) is 7.93. The molecule has 2 saturated heterocycles. The lowest BCUT2D eigenvalue weighted by Crippen LogP contribution is -2.66. The molecule has 0 radical (unpaired) electrons. The van der Waals surface area contributed by atoms with Crippen molar-refractivity contribution in [3.05, 3.63) is 65.5 Å². The van der Waals surface area contributed by atoms with Gasteiger partial charge in [-0.05, 0) is 42.3 Å². The van der Waals surface area contributed by atoms with Crippen LogP contribution in [0.2, 0.25) is 0 Å². The normalized spacial score (nSPS) is 18.4. The summed E-state index contributed by atoms with van der Waals surface area (Å²) in [6.45, 7) is 3.03. The lowest BCUT2D eigenvalue weighted by molar-refractivity contribution is -0.192. The molecule has 4 rings (SSSR count). The van der Waals surface area contributed by atoms with E-state index in [0.717, 1.165) is 12.0 Å². The first-order valence-electron chi connectivity index (χ1n) is 10.3. The molecule has 1 aromatic heterocycles. The number of carboxylic acids is 1. The maximum atomic E-state index is 12.7. The van der Waals surface area contributed by atoms with E-state index in [4.69, 9.17) is 24.6 Å². The summed E-state index contributed by atoms with van der Waals surface area (Å²) >= 11 is 0. The number of carbonyl (C=O) groups is 2. The molecule has 2 fully saturated rings. The molecule has 11 heteroatoms. The highest BCUT2D eigenvalue weighted by Crippen LogP contribution is 2.40. The number of hydrogen-bond donors (Lipinski definition) is 1. The number of pyridine rings is 1. The highest BCUT2D eigenvalue weighted by molar-refractivity contribution is 5.95. The van der Waals surface area contributed by atoms with Gasteiger partial charge in [0.1, 0.15) is 5.60 Å². The largest absolute Gasteiger partial charge is 0.490 e. The van der Waals surface area contributed by atoms with Gasteiger partial charge < -0.3 is 19.5 Å². The molecule has 0 aliphatic carbocycles. The summed E-state index contributed by atoms with van der Waals surface area (Å²) in [6, 6.07) is 12.8. The highest BCUT2D eigenvalue weighted by atomic mass is 19.4. The summed E-state index contributed by atoms with van der Waals surface area (Å²) in [5.74, 6) is -2.52. The molecule has 0 saturated carbocycles. The van der Waals surface area contributed by atoms with Gasteiger partial charge in [0.15, 0.2) is 0 Å². The zero-order valence-electron chi connectivity index (χ0n) is 18.0. The quantitative estimate of drug-likeness (QED) is 0.704. The van der Waals surface area contributed by atoms with Crippen molar-refractivity contribution in [1.29, 1.82) is 5.26 Å². The van der Waals surface area contributed by atoms with Crippen LogP contribution in [0.25, 0.3) is 0 Å². The van der Waals surface area contributed by atoms with Gasteiger partial charge in [0.2, 0.25) is 0 Å². The number of halogens is 3. The number of alkyl halides is 3. The zero-order valence-corrected chi connectivity index (χ0v) is 18.0. The molecule has 1 atom stereocenters. The Morgan fingerprint density at radius 2 is 1.94 bits per heavy atom. The number of rotatable bonds is 5. The van der Waals surface area contributed by atoms with E-state index in [1.54, 1.807) is 41.6 Å². The lowest BCUT2D eigenvalue weighted by Gasteiger charge is -2.50. The summed E-state index contributed by atoms with van der Waals surface area (Å²) in [4.78, 5) is 27.4. The standard InChI is InChI=1S/C21H21N3O3.C2HF3O2/c22-11-17-2-1-3-18(10-17)20(25)24-14-21(15-24)19(6-9-27-21)13-26-12-16-4-7-23-8-5-16;3-2(4,5)1(6)7/h1-5,7-8,10,19H,6,9,12-15H2;(H,6,7). The second kappa shape index (κ2) is 10.6. The summed E-state index contributed by atoms with van der Waals surface area (Å²) in [5, 5.41) is 16.1. The molecular weight excluding hydrogens is 455 g/mol. The number of carbonyl (C=O) groups excluding carboxylic acids is 1. The van der Waals surface area contributed by atoms with E-state index in [2.05, 4.69) is 11.1 Å². The van der Waals surface area contributed by atoms with Crippen LogP contribution in [0.3, 0.4) is 0 Å². The fourth-order valence-corrected chi connectivity index (χ4v) is 3.82. The van der Waals surface area contributed by atoms with Crippen molar-refractivity contribution in [2.24, 2.45) is 5.92 Å². The smallest absolute Gasteiger partial charge is 0.475 e. The first-order chi connectivity index (χ1) is 16.1. The summed E-state index contributed by atoms with van der Waals surface area (Å²) in [7, 11) is 0. The Morgan fingerprint density at radius 3 is 2.56 bits per heavy atom. The SMILES string of the molecule is N#Cc1cccc(C(=O)N2CC3(C2)OCCC3COCc2ccncc2)c1.O=C(O)C(F)(F)F. The topological polar surface area (TPSA) is 113 Å². The molecule has 1 unspecified atom stereocenters. The summed E-state index contributed by atoms with van der Waals surface area (Å²) < 4.78 is 43.7. The van der Waals surface area contributed by atoms with E-state index >= 15 is 0 Å². The number of nitrogens with zero attached hydrogens (tertiary/aromatic N) is 3. The molecule has 0 bridgehead atoms. The van der Waals surface area contributed by atoms with Crippen LogP contribution in [0, 0.1) is 17.2 Å². The van der Waals surface area contributed by atoms with Crippen LogP contribution in [0.15, 0.2) is 48.8 Å². The van der Waals surface area contributed by atoms with E-state index in [1.807, 2.05) is 12.1 Å². The van der Waals surface area contributed by atoms with Crippen LogP contribution in [-0.2, 0) is 20.9 Å². The molecule has 2 aromatic rings. The molecule has 34 heavy (non-hydrogen) atoms. The Labute approximate surface area is 193 Å². The third-order valence-electron chi connectivity index (χ3n) is 5.62. The van der Waals surface area contributed by atoms with Gasteiger partial charge in [-0.25, -0.2) is 4.79 Å². The van der Waals surface area contributed by atoms with Crippen molar-refractivity contribution in [2.75, 3.05) is 26.3 Å². The molecule has 3 heterocycles. The Bertz CT molecular complexity index is 1050. The van der Waals surface area contributed by atoms with Crippen LogP contribution >= 0.6 is 0 Å². The minimum absolute atomic E-state index is 0.0512. The third-order valence-corrected chi connectivity index (χ3v) is 5.62. The number of aliphatic carboxylic acids is 1. The molecule has 2 aliphatic heterocycles. The maximum absolute atomic E-state index is 12.7. The fourth-order valence-electron chi connectivity index (χ4n) is 3.82. The van der Waals surface area contributed by atoms with E-state index in [-0.39, 0.29) is 17.4 Å². The fraction of sp³-hybridized carbons (Fsp3) is 0.391. The average molecular weight is 477 g/mol. The van der Waals surface area contributed by atoms with Gasteiger partial charge in [0.05, 0.1) is 37.9 Å². The average Bonchev–Trinajstić information content (AvgIpc) is 3.22.